The highest BCUT2D eigenvalue weighted by Gasteiger charge is 2.53. The zero-order valence-electron chi connectivity index (χ0n) is 42.6. The zero-order chi connectivity index (χ0) is 47.7. The summed E-state index contributed by atoms with van der Waals surface area (Å²) < 4.78 is 2.62. The highest BCUT2D eigenvalue weighted by molar-refractivity contribution is 5.61. The zero-order valence-corrected chi connectivity index (χ0v) is 42.6. The van der Waals surface area contributed by atoms with Crippen LogP contribution >= 0.6 is 0 Å². The summed E-state index contributed by atoms with van der Waals surface area (Å²) in [5, 5.41) is 2.95. The molecule has 2 aliphatic heterocycles. The van der Waals surface area contributed by atoms with E-state index in [2.05, 4.69) is 192 Å². The Labute approximate surface area is 428 Å². The van der Waals surface area contributed by atoms with E-state index >= 15 is 0 Å². The van der Waals surface area contributed by atoms with E-state index < -0.39 is 0 Å². The van der Waals surface area contributed by atoms with Crippen molar-refractivity contribution in [3.63, 3.8) is 0 Å². The van der Waals surface area contributed by atoms with E-state index in [1.54, 1.807) is 44.8 Å². The number of benzene rings is 1. The third kappa shape index (κ3) is 6.67. The van der Waals surface area contributed by atoms with Gasteiger partial charge in [0.1, 0.15) is 0 Å². The lowest BCUT2D eigenvalue weighted by Crippen LogP contribution is -2.61. The van der Waals surface area contributed by atoms with Crippen molar-refractivity contribution in [2.45, 2.75) is 128 Å². The number of nitrogens with zero attached hydrogens (tertiary/aromatic N) is 3. The number of fused-ring (bicyclic) bond motifs is 11. The average Bonchev–Trinajstić information content (AvgIpc) is 3.96. The summed E-state index contributed by atoms with van der Waals surface area (Å²) in [6.45, 7) is 5.27. The maximum absolute atomic E-state index is 2.96. The molecule has 11 aliphatic carbocycles. The van der Waals surface area contributed by atoms with Gasteiger partial charge in [0.05, 0.1) is 18.1 Å². The first-order valence-electron chi connectivity index (χ1n) is 28.5. The van der Waals surface area contributed by atoms with Crippen molar-refractivity contribution >= 4 is 12.2 Å². The first-order valence-corrected chi connectivity index (χ1v) is 28.5. The van der Waals surface area contributed by atoms with Crippen molar-refractivity contribution in [2.75, 3.05) is 0 Å². The Bertz CT molecular complexity index is 3290. The molecular weight excluding hydrogens is 871 g/mol. The van der Waals surface area contributed by atoms with Crippen molar-refractivity contribution in [2.24, 2.45) is 40.9 Å². The topological polar surface area (TPSA) is 11.4 Å². The number of piperidine rings is 1. The largest absolute Gasteiger partial charge is 0.361 e. The number of para-hydroxylation sites is 1. The molecule has 72 heavy (non-hydrogen) atoms. The molecular formula is C69H71N3. The average molecular weight is 942 g/mol. The minimum Gasteiger partial charge on any atom is -0.361 e. The van der Waals surface area contributed by atoms with Crippen LogP contribution in [0.1, 0.15) is 102 Å². The Balaban J connectivity index is 0.825. The van der Waals surface area contributed by atoms with Crippen LogP contribution < -0.4 is 10.6 Å². The maximum atomic E-state index is 2.96. The summed E-state index contributed by atoms with van der Waals surface area (Å²) in [4.78, 5) is 5.79. The van der Waals surface area contributed by atoms with E-state index in [-0.39, 0.29) is 11.5 Å². The molecule has 0 N–H and O–H groups in total. The Hall–Kier alpha value is -6.06. The normalized spacial score (nSPS) is 34.0. The predicted molar refractivity (Wildman–Crippen MR) is 297 cm³/mol. The molecule has 3 nitrogen and oxygen atoms in total. The van der Waals surface area contributed by atoms with Crippen LogP contribution in [-0.2, 0) is 12.8 Å². The van der Waals surface area contributed by atoms with Gasteiger partial charge in [-0.15, -0.1) is 0 Å². The minimum absolute atomic E-state index is 0.0157. The minimum atomic E-state index is 0.0157. The lowest BCUT2D eigenvalue weighted by molar-refractivity contribution is -0.00289. The van der Waals surface area contributed by atoms with Crippen LogP contribution in [0.25, 0.3) is 17.8 Å². The lowest BCUT2D eigenvalue weighted by atomic mass is 9.57. The van der Waals surface area contributed by atoms with Crippen molar-refractivity contribution in [3.8, 4) is 5.69 Å². The molecule has 1 aromatic heterocycles. The summed E-state index contributed by atoms with van der Waals surface area (Å²) in [6, 6.07) is 12.8. The molecule has 0 radical (unpaired) electrons. The Morgan fingerprint density at radius 1 is 0.583 bits per heavy atom. The van der Waals surface area contributed by atoms with Crippen molar-refractivity contribution < 1.29 is 0 Å². The summed E-state index contributed by atoms with van der Waals surface area (Å²) in [7, 11) is 0. The van der Waals surface area contributed by atoms with Crippen molar-refractivity contribution in [1.29, 1.82) is 0 Å². The van der Waals surface area contributed by atoms with Gasteiger partial charge >= 0.3 is 0 Å². The fraction of sp³-hybridized carbons (Fsp3) is 0.391. The fourth-order valence-corrected chi connectivity index (χ4v) is 16.7. The Morgan fingerprint density at radius 2 is 1.35 bits per heavy atom. The third-order valence-electron chi connectivity index (χ3n) is 20.1. The number of aromatic nitrogens is 1. The van der Waals surface area contributed by atoms with Crippen LogP contribution in [0.5, 0.6) is 0 Å². The molecule has 362 valence electrons. The second-order valence-electron chi connectivity index (χ2n) is 24.0. The van der Waals surface area contributed by atoms with Gasteiger partial charge in [-0.1, -0.05) is 154 Å². The second-order valence-corrected chi connectivity index (χ2v) is 24.0. The highest BCUT2D eigenvalue weighted by Crippen LogP contribution is 2.57. The molecule has 2 aromatic rings. The van der Waals surface area contributed by atoms with Crippen molar-refractivity contribution in [3.05, 3.63) is 230 Å². The van der Waals surface area contributed by atoms with E-state index in [0.29, 0.717) is 53.6 Å². The molecule has 0 saturated carbocycles. The number of rotatable bonds is 5. The van der Waals surface area contributed by atoms with Gasteiger partial charge in [-0.05, 0) is 175 Å². The Kier molecular flexibility index (Phi) is 10.3. The molecule has 3 heteroatoms. The monoisotopic (exact) mass is 942 g/mol. The molecule has 1 saturated heterocycles. The van der Waals surface area contributed by atoms with Crippen LogP contribution in [0.3, 0.4) is 0 Å². The van der Waals surface area contributed by atoms with E-state index in [1.807, 2.05) is 0 Å². The second kappa shape index (κ2) is 17.0. The highest BCUT2D eigenvalue weighted by atomic mass is 15.2. The summed E-state index contributed by atoms with van der Waals surface area (Å²) in [5.41, 5.74) is 20.1. The predicted octanol–water partition coefficient (Wildman–Crippen LogP) is 13.7. The van der Waals surface area contributed by atoms with E-state index in [1.165, 1.54) is 90.0 Å². The number of hydrogen-bond acceptors (Lipinski definition) is 2. The summed E-state index contributed by atoms with van der Waals surface area (Å²) in [6.07, 6.45) is 72.7. The molecule has 0 bridgehead atoms. The molecule has 0 spiro atoms. The van der Waals surface area contributed by atoms with Gasteiger partial charge in [-0.25, -0.2) is 0 Å². The Morgan fingerprint density at radius 3 is 2.21 bits per heavy atom. The van der Waals surface area contributed by atoms with Gasteiger partial charge in [-0.2, -0.15) is 0 Å². The van der Waals surface area contributed by atoms with E-state index in [0.717, 1.165) is 38.5 Å². The van der Waals surface area contributed by atoms with Gasteiger partial charge < -0.3 is 14.4 Å². The third-order valence-corrected chi connectivity index (χ3v) is 20.1. The first-order chi connectivity index (χ1) is 35.5. The lowest BCUT2D eigenvalue weighted by Gasteiger charge is -2.59. The molecule has 15 rings (SSSR count). The van der Waals surface area contributed by atoms with Crippen LogP contribution in [0.15, 0.2) is 208 Å². The molecule has 1 fully saturated rings. The smallest absolute Gasteiger partial charge is 0.0580 e. The number of allylic oxidation sites excluding steroid dienone is 21. The van der Waals surface area contributed by atoms with E-state index in [4.69, 9.17) is 0 Å². The van der Waals surface area contributed by atoms with Crippen LogP contribution in [0.4, 0.5) is 0 Å². The van der Waals surface area contributed by atoms with Gasteiger partial charge in [0, 0.05) is 69.7 Å². The standard InChI is InChI=1S/C69H71N3/c1-69(2)61-41-46(44-29-35-65-59(39-44)56-25-13-15-27-63(56)70(65)48-17-5-3-6-18-48)31-37-67(61)72(50-33-34-55-53-23-10-9-21-51(53)52-22-11-12-24-54(52)58(55)43-50)68-38-32-47(42-62(68)69)45-30-36-66-60(40-45)57-26-14-16-28-64(57)71(66)49-19-7-4-8-20-49/h3-7,9,11-12,16-18,21-22,24,28,30-32,35-44,49,52,54,60-62,66-68H,8,10,13-15,19-20,23,25-27,29,33-34H2,1-2H3. The molecule has 3 heterocycles. The van der Waals surface area contributed by atoms with Gasteiger partial charge in [0.15, 0.2) is 0 Å². The van der Waals surface area contributed by atoms with Gasteiger partial charge in [0.2, 0.25) is 0 Å². The van der Waals surface area contributed by atoms with Crippen LogP contribution in [-0.4, -0.2) is 38.5 Å². The maximum Gasteiger partial charge on any atom is 0.0580 e. The van der Waals surface area contributed by atoms with Gasteiger partial charge in [-0.3, -0.25) is 0 Å². The fourth-order valence-electron chi connectivity index (χ4n) is 16.7. The first kappa shape index (κ1) is 43.5. The number of hydrogen-bond donors (Lipinski definition) is 0. The molecule has 13 aliphatic rings. The van der Waals surface area contributed by atoms with E-state index in [9.17, 15) is 0 Å². The van der Waals surface area contributed by atoms with Crippen LogP contribution in [0.2, 0.25) is 0 Å². The summed E-state index contributed by atoms with van der Waals surface area (Å²) >= 11 is 0. The molecule has 10 atom stereocenters. The SMILES string of the molecule is CC1(C)C2C=C(C3=CC4C5=C(C=CCC5)N(C5CC=CCC5)C4C=C3)C=CC2N(C2=CC3=C(CC2)C2=C(C=CCC2)C2C=CC=CC32)C2C=CC(C3C=c4c5c(n(-c6ccccc6)c4=CC3)CCCC5)=CC21. The van der Waals surface area contributed by atoms with Gasteiger partial charge in [0.25, 0.3) is 0 Å². The number of likely N-dealkylation sites (tertiary alicyclic amines) is 1. The quantitative estimate of drug-likeness (QED) is 0.277. The molecule has 1 aromatic carbocycles. The molecule has 10 unspecified atom stereocenters. The summed E-state index contributed by atoms with van der Waals surface area (Å²) in [5.74, 6) is 2.39. The van der Waals surface area contributed by atoms with Crippen LogP contribution in [0, 0.1) is 40.9 Å². The van der Waals surface area contributed by atoms with Crippen molar-refractivity contribution in [1.82, 2.24) is 14.4 Å². The molecule has 0 amide bonds.